The fraction of sp³-hybridized carbons (Fsp3) is 0.367. The lowest BCUT2D eigenvalue weighted by atomic mass is 9.51. The molecular formula is C30H29N3O8. The quantitative estimate of drug-likeness (QED) is 0.428. The smallest absolute Gasteiger partial charge is 0.328 e. The number of methoxy groups -OCH3 is 2. The lowest BCUT2D eigenvalue weighted by molar-refractivity contribution is -0.136. The van der Waals surface area contributed by atoms with Crippen LogP contribution in [0, 0.1) is 29.1 Å². The standard InChI is InChI=1S/C30H29N3O8/c1-30-19(26(36)32(28(30)38)14-7-5-4-6-8-14)13-18-16(9-10-17-22(18)27(37)33(25(17)35)29(31)39)24(30)23-20(40-2)11-15(34)12-21(23)41-3/h4-9,11-12,17-19,22,24,34H,10,13H2,1-3H3,(H2,31,39)/t17-,18+,19-,22-,24+,30+/m0/s1. The number of anilines is 1. The first-order valence-corrected chi connectivity index (χ1v) is 13.3. The van der Waals surface area contributed by atoms with Crippen LogP contribution < -0.4 is 20.1 Å². The van der Waals surface area contributed by atoms with E-state index in [1.54, 1.807) is 37.3 Å². The van der Waals surface area contributed by atoms with Crippen LogP contribution in [0.25, 0.3) is 0 Å². The summed E-state index contributed by atoms with van der Waals surface area (Å²) in [4.78, 5) is 68.9. The second-order valence-electron chi connectivity index (χ2n) is 11.1. The topological polar surface area (TPSA) is 157 Å². The van der Waals surface area contributed by atoms with E-state index in [-0.39, 0.29) is 30.1 Å². The Morgan fingerprint density at radius 2 is 1.61 bits per heavy atom. The molecule has 0 bridgehead atoms. The number of urea groups is 1. The molecule has 6 atom stereocenters. The van der Waals surface area contributed by atoms with Crippen LogP contribution in [0.2, 0.25) is 0 Å². The van der Waals surface area contributed by atoms with Gasteiger partial charge in [0.1, 0.15) is 17.2 Å². The van der Waals surface area contributed by atoms with Crippen LogP contribution in [-0.4, -0.2) is 53.9 Å². The van der Waals surface area contributed by atoms with E-state index >= 15 is 0 Å². The molecule has 4 aliphatic rings. The molecule has 11 heteroatoms. The van der Waals surface area contributed by atoms with E-state index in [9.17, 15) is 29.1 Å². The molecule has 3 N–H and O–H groups in total. The van der Waals surface area contributed by atoms with E-state index in [0.717, 1.165) is 0 Å². The first-order chi connectivity index (χ1) is 19.6. The second kappa shape index (κ2) is 9.18. The number of carbonyl (C=O) groups is 5. The number of para-hydroxylation sites is 1. The summed E-state index contributed by atoms with van der Waals surface area (Å²) in [5.41, 5.74) is 5.60. The fourth-order valence-corrected chi connectivity index (χ4v) is 7.57. The lowest BCUT2D eigenvalue weighted by Gasteiger charge is -2.49. The highest BCUT2D eigenvalue weighted by Gasteiger charge is 2.68. The minimum Gasteiger partial charge on any atom is -0.508 e. The van der Waals surface area contributed by atoms with Crippen LogP contribution in [-0.2, 0) is 19.2 Å². The van der Waals surface area contributed by atoms with Crippen LogP contribution in [0.4, 0.5) is 10.5 Å². The third kappa shape index (κ3) is 3.47. The van der Waals surface area contributed by atoms with Gasteiger partial charge in [0, 0.05) is 23.6 Å². The molecule has 0 aromatic heterocycles. The zero-order valence-corrected chi connectivity index (χ0v) is 22.7. The van der Waals surface area contributed by atoms with Crippen LogP contribution in [0.15, 0.2) is 54.1 Å². The van der Waals surface area contributed by atoms with Crippen molar-refractivity contribution in [2.24, 2.45) is 34.8 Å². The van der Waals surface area contributed by atoms with Crippen LogP contribution in [0.1, 0.15) is 31.2 Å². The van der Waals surface area contributed by atoms with Crippen molar-refractivity contribution in [1.82, 2.24) is 4.90 Å². The molecule has 6 amide bonds. The number of ether oxygens (including phenoxy) is 2. The number of likely N-dealkylation sites (tertiary alicyclic amines) is 1. The van der Waals surface area contributed by atoms with Crippen molar-refractivity contribution in [3.8, 4) is 17.2 Å². The summed E-state index contributed by atoms with van der Waals surface area (Å²) in [5, 5.41) is 10.4. The first-order valence-electron chi connectivity index (χ1n) is 13.3. The number of amides is 6. The Balaban J connectivity index is 1.60. The summed E-state index contributed by atoms with van der Waals surface area (Å²) in [6.45, 7) is 1.73. The molecule has 0 radical (unpaired) electrons. The van der Waals surface area contributed by atoms with E-state index in [2.05, 4.69) is 0 Å². The van der Waals surface area contributed by atoms with Gasteiger partial charge in [0.2, 0.25) is 23.6 Å². The number of fused-ring (bicyclic) bond motifs is 4. The van der Waals surface area contributed by atoms with Gasteiger partial charge in [-0.3, -0.25) is 19.2 Å². The summed E-state index contributed by atoms with van der Waals surface area (Å²) in [5.74, 6) is -5.94. The summed E-state index contributed by atoms with van der Waals surface area (Å²) in [7, 11) is 2.84. The monoisotopic (exact) mass is 559 g/mol. The number of rotatable bonds is 4. The molecule has 2 aromatic rings. The molecule has 3 fully saturated rings. The molecule has 2 aliphatic carbocycles. The number of carbonyl (C=O) groups excluding carboxylic acids is 5. The summed E-state index contributed by atoms with van der Waals surface area (Å²) in [6, 6.07) is 10.3. The minimum atomic E-state index is -1.34. The van der Waals surface area contributed by atoms with Crippen LogP contribution in [0.3, 0.4) is 0 Å². The number of benzene rings is 2. The number of phenols is 1. The van der Waals surface area contributed by atoms with Crippen molar-refractivity contribution in [2.75, 3.05) is 19.1 Å². The van der Waals surface area contributed by atoms with Gasteiger partial charge in [-0.15, -0.1) is 0 Å². The van der Waals surface area contributed by atoms with Gasteiger partial charge in [-0.25, -0.2) is 9.69 Å². The third-order valence-corrected chi connectivity index (χ3v) is 9.33. The Kier molecular flexibility index (Phi) is 5.95. The Bertz CT molecular complexity index is 1530. The van der Waals surface area contributed by atoms with Gasteiger partial charge in [0.05, 0.1) is 43.1 Å². The summed E-state index contributed by atoms with van der Waals surface area (Å²) >= 11 is 0. The van der Waals surface area contributed by atoms with E-state index in [1.807, 2.05) is 6.08 Å². The highest BCUT2D eigenvalue weighted by atomic mass is 16.5. The van der Waals surface area contributed by atoms with Crippen molar-refractivity contribution in [1.29, 1.82) is 0 Å². The number of nitrogens with zero attached hydrogens (tertiary/aromatic N) is 2. The molecule has 212 valence electrons. The zero-order valence-electron chi connectivity index (χ0n) is 22.7. The van der Waals surface area contributed by atoms with Gasteiger partial charge >= 0.3 is 6.03 Å². The Labute approximate surface area is 235 Å². The van der Waals surface area contributed by atoms with E-state index in [4.69, 9.17) is 15.2 Å². The number of primary amides is 1. The molecule has 1 saturated carbocycles. The molecule has 2 saturated heterocycles. The van der Waals surface area contributed by atoms with Gasteiger partial charge in [-0.1, -0.05) is 29.8 Å². The lowest BCUT2D eigenvalue weighted by Crippen LogP contribution is -2.49. The number of nitrogens with two attached hydrogens (primary N) is 1. The average Bonchev–Trinajstić information content (AvgIpc) is 3.33. The van der Waals surface area contributed by atoms with Gasteiger partial charge in [0.25, 0.3) is 0 Å². The van der Waals surface area contributed by atoms with E-state index < -0.39 is 64.7 Å². The highest BCUT2D eigenvalue weighted by molar-refractivity contribution is 6.24. The van der Waals surface area contributed by atoms with Crippen molar-refractivity contribution >= 4 is 35.3 Å². The number of allylic oxidation sites excluding steroid dienone is 2. The maximum Gasteiger partial charge on any atom is 0.328 e. The first kappa shape index (κ1) is 26.5. The fourth-order valence-electron chi connectivity index (χ4n) is 7.57. The van der Waals surface area contributed by atoms with E-state index in [1.165, 1.54) is 31.3 Å². The van der Waals surface area contributed by atoms with Gasteiger partial charge in [-0.2, -0.15) is 4.90 Å². The van der Waals surface area contributed by atoms with Crippen molar-refractivity contribution in [3.63, 3.8) is 0 Å². The molecular weight excluding hydrogens is 530 g/mol. The molecule has 2 aromatic carbocycles. The third-order valence-electron chi connectivity index (χ3n) is 9.33. The zero-order chi connectivity index (χ0) is 29.4. The predicted molar refractivity (Wildman–Crippen MR) is 144 cm³/mol. The minimum absolute atomic E-state index is 0.113. The maximum atomic E-state index is 14.4. The predicted octanol–water partition coefficient (Wildman–Crippen LogP) is 2.72. The van der Waals surface area contributed by atoms with Gasteiger partial charge < -0.3 is 20.3 Å². The van der Waals surface area contributed by atoms with Crippen LogP contribution in [0.5, 0.6) is 17.2 Å². The summed E-state index contributed by atoms with van der Waals surface area (Å²) < 4.78 is 11.3. The average molecular weight is 560 g/mol. The molecule has 6 rings (SSSR count). The Morgan fingerprint density at radius 1 is 0.976 bits per heavy atom. The maximum absolute atomic E-state index is 14.4. The molecule has 0 unspecified atom stereocenters. The SMILES string of the molecule is COc1cc(O)cc(OC)c1[C@H]1C2=CC[C@@H]3C(=O)N(C(N)=O)C(=O)[C@@H]3[C@@H]2C[C@H]2C(=O)N(c3ccccc3)C(=O)[C@@]12C. The number of hydrogen-bond donors (Lipinski definition) is 2. The Hall–Kier alpha value is -4.67. The normalized spacial score (nSPS) is 30.5. The second-order valence-corrected chi connectivity index (χ2v) is 11.1. The molecule has 0 spiro atoms. The number of aromatic hydroxyl groups is 1. The molecule has 41 heavy (non-hydrogen) atoms. The molecule has 2 aliphatic heterocycles. The van der Waals surface area contributed by atoms with Crippen molar-refractivity contribution in [2.45, 2.75) is 25.7 Å². The summed E-state index contributed by atoms with van der Waals surface area (Å²) in [6.07, 6.45) is 2.10. The van der Waals surface area contributed by atoms with Gasteiger partial charge in [0.15, 0.2) is 0 Å². The largest absolute Gasteiger partial charge is 0.508 e. The van der Waals surface area contributed by atoms with Crippen molar-refractivity contribution < 1.29 is 38.6 Å². The van der Waals surface area contributed by atoms with Crippen molar-refractivity contribution in [3.05, 3.63) is 59.7 Å². The molecule has 2 heterocycles. The number of imide groups is 4. The highest BCUT2D eigenvalue weighted by Crippen LogP contribution is 2.65. The number of hydrogen-bond acceptors (Lipinski definition) is 8. The number of phenolic OH excluding ortho intramolecular Hbond substituents is 1. The van der Waals surface area contributed by atoms with Gasteiger partial charge in [-0.05, 0) is 37.8 Å². The molecule has 11 nitrogen and oxygen atoms in total. The van der Waals surface area contributed by atoms with Crippen LogP contribution >= 0.6 is 0 Å². The van der Waals surface area contributed by atoms with E-state index in [0.29, 0.717) is 21.7 Å². The Morgan fingerprint density at radius 3 is 2.20 bits per heavy atom.